The lowest BCUT2D eigenvalue weighted by atomic mass is 10.2. The third-order valence-electron chi connectivity index (χ3n) is 2.93. The van der Waals surface area contributed by atoms with Crippen LogP contribution in [0.1, 0.15) is 0 Å². The van der Waals surface area contributed by atoms with Crippen molar-refractivity contribution < 1.29 is 14.3 Å². The van der Waals surface area contributed by atoms with Gasteiger partial charge in [-0.15, -0.1) is 0 Å². The summed E-state index contributed by atoms with van der Waals surface area (Å²) in [6.45, 7) is 0.126. The smallest absolute Gasteiger partial charge is 0.250 e. The van der Waals surface area contributed by atoms with Crippen molar-refractivity contribution in [3.8, 4) is 0 Å². The molecular weight excluding hydrogens is 294 g/mol. The maximum Gasteiger partial charge on any atom is 0.250 e. The number of hydrogen-bond acceptors (Lipinski definition) is 4. The molecule has 2 rings (SSSR count). The van der Waals surface area contributed by atoms with Gasteiger partial charge in [-0.2, -0.15) is 0 Å². The Balaban J connectivity index is 1.85. The molecule has 120 valence electrons. The van der Waals surface area contributed by atoms with E-state index >= 15 is 0 Å². The van der Waals surface area contributed by atoms with Gasteiger partial charge in [0.15, 0.2) is 0 Å². The van der Waals surface area contributed by atoms with E-state index in [0.717, 1.165) is 11.4 Å². The van der Waals surface area contributed by atoms with Gasteiger partial charge in [0.25, 0.3) is 0 Å². The lowest BCUT2D eigenvalue weighted by Crippen LogP contribution is -2.22. The Kier molecular flexibility index (Phi) is 6.14. The molecule has 0 saturated heterocycles. The number of amides is 2. The second-order valence-corrected chi connectivity index (χ2v) is 4.83. The van der Waals surface area contributed by atoms with E-state index in [1.54, 1.807) is 18.2 Å². The molecule has 0 bridgehead atoms. The summed E-state index contributed by atoms with van der Waals surface area (Å²) >= 11 is 0. The molecule has 6 heteroatoms. The van der Waals surface area contributed by atoms with Crippen LogP contribution in [0.15, 0.2) is 54.6 Å². The minimum atomic E-state index is -0.230. The van der Waals surface area contributed by atoms with E-state index in [9.17, 15) is 9.59 Å². The van der Waals surface area contributed by atoms with Gasteiger partial charge in [-0.3, -0.25) is 9.59 Å². The van der Waals surface area contributed by atoms with E-state index in [-0.39, 0.29) is 25.0 Å². The fourth-order valence-corrected chi connectivity index (χ4v) is 1.94. The second kappa shape index (κ2) is 8.55. The minimum absolute atomic E-state index is 0.00284. The van der Waals surface area contributed by atoms with Crippen LogP contribution in [0.3, 0.4) is 0 Å². The normalized spacial score (nSPS) is 9.96. The van der Waals surface area contributed by atoms with Crippen molar-refractivity contribution in [1.82, 2.24) is 0 Å². The van der Waals surface area contributed by atoms with E-state index in [1.807, 2.05) is 36.4 Å². The van der Waals surface area contributed by atoms with Gasteiger partial charge in [-0.1, -0.05) is 24.3 Å². The Bertz CT molecular complexity index is 659. The third-order valence-corrected chi connectivity index (χ3v) is 2.93. The zero-order valence-corrected chi connectivity index (χ0v) is 12.8. The molecule has 2 aromatic carbocycles. The molecule has 3 N–H and O–H groups in total. The van der Waals surface area contributed by atoms with Gasteiger partial charge >= 0.3 is 0 Å². The molecular formula is C17H19N3O3. The number of carbonyl (C=O) groups is 2. The van der Waals surface area contributed by atoms with E-state index in [2.05, 4.69) is 16.0 Å². The molecule has 0 aliphatic rings. The fraction of sp³-hybridized carbons (Fsp3) is 0.176. The second-order valence-electron chi connectivity index (χ2n) is 4.83. The van der Waals surface area contributed by atoms with E-state index in [4.69, 9.17) is 4.74 Å². The number of benzene rings is 2. The summed E-state index contributed by atoms with van der Waals surface area (Å²) in [5.74, 6) is -0.378. The fourth-order valence-electron chi connectivity index (χ4n) is 1.94. The van der Waals surface area contributed by atoms with Crippen LogP contribution in [0.2, 0.25) is 0 Å². The quantitative estimate of drug-likeness (QED) is 0.733. The van der Waals surface area contributed by atoms with Crippen LogP contribution in [-0.2, 0) is 14.3 Å². The summed E-state index contributed by atoms with van der Waals surface area (Å²) in [5, 5.41) is 8.51. The first kappa shape index (κ1) is 16.5. The summed E-state index contributed by atoms with van der Waals surface area (Å²) in [4.78, 5) is 23.3. The summed E-state index contributed by atoms with van der Waals surface area (Å²) in [6, 6.07) is 16.4. The molecule has 23 heavy (non-hydrogen) atoms. The molecule has 0 heterocycles. The Morgan fingerprint density at radius 2 is 1.52 bits per heavy atom. The number of hydrogen-bond donors (Lipinski definition) is 3. The Morgan fingerprint density at radius 3 is 2.26 bits per heavy atom. The van der Waals surface area contributed by atoms with Gasteiger partial charge in [-0.25, -0.2) is 0 Å². The molecule has 6 nitrogen and oxygen atoms in total. The van der Waals surface area contributed by atoms with Gasteiger partial charge in [0.1, 0.15) is 6.61 Å². The first-order valence-corrected chi connectivity index (χ1v) is 7.15. The highest BCUT2D eigenvalue weighted by Gasteiger charge is 2.04. The number of ether oxygens (including phenoxy) is 1. The van der Waals surface area contributed by atoms with Crippen molar-refractivity contribution in [2.24, 2.45) is 0 Å². The lowest BCUT2D eigenvalue weighted by molar-refractivity contribution is -0.119. The molecule has 0 aromatic heterocycles. The van der Waals surface area contributed by atoms with E-state index < -0.39 is 0 Å². The largest absolute Gasteiger partial charge is 0.376 e. The Hall–Kier alpha value is -2.86. The molecule has 0 saturated carbocycles. The molecule has 0 unspecified atom stereocenters. The highest BCUT2D eigenvalue weighted by atomic mass is 16.5. The molecule has 2 amide bonds. The predicted molar refractivity (Wildman–Crippen MR) is 90.5 cm³/mol. The topological polar surface area (TPSA) is 79.5 Å². The third kappa shape index (κ3) is 5.80. The summed E-state index contributed by atoms with van der Waals surface area (Å²) < 4.78 is 4.76. The summed E-state index contributed by atoms with van der Waals surface area (Å²) in [6.07, 6.45) is 0. The molecule has 0 fully saturated rings. The maximum atomic E-state index is 11.9. The van der Waals surface area contributed by atoms with Crippen molar-refractivity contribution in [3.05, 3.63) is 54.6 Å². The lowest BCUT2D eigenvalue weighted by Gasteiger charge is -2.10. The van der Waals surface area contributed by atoms with E-state index in [0.29, 0.717) is 5.69 Å². The first-order valence-electron chi connectivity index (χ1n) is 7.15. The number of anilines is 3. The van der Waals surface area contributed by atoms with Gasteiger partial charge in [0.05, 0.1) is 6.54 Å². The minimum Gasteiger partial charge on any atom is -0.376 e. The van der Waals surface area contributed by atoms with Gasteiger partial charge < -0.3 is 20.7 Å². The monoisotopic (exact) mass is 313 g/mol. The van der Waals surface area contributed by atoms with Crippen molar-refractivity contribution >= 4 is 28.9 Å². The van der Waals surface area contributed by atoms with Crippen LogP contribution >= 0.6 is 0 Å². The maximum absolute atomic E-state index is 11.9. The molecule has 2 aromatic rings. The summed E-state index contributed by atoms with van der Waals surface area (Å²) in [5.41, 5.74) is 2.13. The highest BCUT2D eigenvalue weighted by molar-refractivity contribution is 5.94. The standard InChI is InChI=1S/C17H19N3O3/c1-23-12-17(22)20-15-9-5-8-14(10-15)18-11-16(21)19-13-6-3-2-4-7-13/h2-10,18H,11-12H2,1H3,(H,19,21)(H,20,22). The van der Waals surface area contributed by atoms with Crippen LogP contribution in [0, 0.1) is 0 Å². The molecule has 0 atom stereocenters. The van der Waals surface area contributed by atoms with Crippen LogP contribution in [-0.4, -0.2) is 32.1 Å². The van der Waals surface area contributed by atoms with Gasteiger partial charge in [0.2, 0.25) is 11.8 Å². The summed E-state index contributed by atoms with van der Waals surface area (Å²) in [7, 11) is 1.46. The number of nitrogens with one attached hydrogen (secondary N) is 3. The highest BCUT2D eigenvalue weighted by Crippen LogP contribution is 2.15. The van der Waals surface area contributed by atoms with Crippen LogP contribution in [0.25, 0.3) is 0 Å². The Labute approximate surface area is 134 Å². The van der Waals surface area contributed by atoms with Crippen molar-refractivity contribution in [2.75, 3.05) is 36.2 Å². The molecule has 0 aliphatic heterocycles. The van der Waals surface area contributed by atoms with Crippen LogP contribution < -0.4 is 16.0 Å². The average molecular weight is 313 g/mol. The van der Waals surface area contributed by atoms with Crippen LogP contribution in [0.4, 0.5) is 17.1 Å². The number of carbonyl (C=O) groups excluding carboxylic acids is 2. The zero-order chi connectivity index (χ0) is 16.5. The predicted octanol–water partition coefficient (Wildman–Crippen LogP) is 2.32. The number of rotatable bonds is 7. The van der Waals surface area contributed by atoms with Crippen LogP contribution in [0.5, 0.6) is 0 Å². The zero-order valence-electron chi connectivity index (χ0n) is 12.8. The van der Waals surface area contributed by atoms with Crippen molar-refractivity contribution in [1.29, 1.82) is 0 Å². The van der Waals surface area contributed by atoms with Gasteiger partial charge in [-0.05, 0) is 30.3 Å². The molecule has 0 spiro atoms. The molecule has 0 aliphatic carbocycles. The first-order chi connectivity index (χ1) is 11.2. The number of para-hydroxylation sites is 1. The molecule has 0 radical (unpaired) electrons. The van der Waals surface area contributed by atoms with Gasteiger partial charge in [0, 0.05) is 24.2 Å². The van der Waals surface area contributed by atoms with Crippen molar-refractivity contribution in [2.45, 2.75) is 0 Å². The van der Waals surface area contributed by atoms with Crippen molar-refractivity contribution in [3.63, 3.8) is 0 Å². The average Bonchev–Trinajstić information content (AvgIpc) is 2.54. The SMILES string of the molecule is COCC(=O)Nc1cccc(NCC(=O)Nc2ccccc2)c1. The Morgan fingerprint density at radius 1 is 0.870 bits per heavy atom. The van der Waals surface area contributed by atoms with E-state index in [1.165, 1.54) is 7.11 Å². The number of methoxy groups -OCH3 is 1.